The lowest BCUT2D eigenvalue weighted by atomic mass is 10.1. The Morgan fingerprint density at radius 3 is 2.17 bits per heavy atom. The van der Waals surface area contributed by atoms with Gasteiger partial charge in [0.1, 0.15) is 22.3 Å². The minimum Gasteiger partial charge on any atom is -0.477 e. The van der Waals surface area contributed by atoms with Gasteiger partial charge in [-0.15, -0.1) is 11.3 Å². The lowest BCUT2D eigenvalue weighted by molar-refractivity contribution is 0.0703. The van der Waals surface area contributed by atoms with Gasteiger partial charge in [-0.05, 0) is 6.07 Å². The molecule has 0 saturated heterocycles. The number of nitrogen functional groups attached to an aromatic ring is 1. The summed E-state index contributed by atoms with van der Waals surface area (Å²) in [5.74, 6) is -4.54. The van der Waals surface area contributed by atoms with E-state index in [4.69, 9.17) is 10.8 Å². The number of carbonyl (C=O) groups is 1. The fourth-order valence-electron chi connectivity index (χ4n) is 1.47. The Balaban J connectivity index is 2.63. The van der Waals surface area contributed by atoms with Crippen molar-refractivity contribution in [3.8, 4) is 10.4 Å². The molecule has 0 unspecified atom stereocenters. The molecule has 0 amide bonds. The van der Waals surface area contributed by atoms with E-state index in [1.54, 1.807) is 0 Å². The number of benzene rings is 1. The van der Waals surface area contributed by atoms with Crippen LogP contribution in [0.1, 0.15) is 9.67 Å². The van der Waals surface area contributed by atoms with Crippen LogP contribution in [0.5, 0.6) is 0 Å². The van der Waals surface area contributed by atoms with Crippen molar-refractivity contribution in [2.24, 2.45) is 0 Å². The lowest BCUT2D eigenvalue weighted by Crippen LogP contribution is -1.96. The van der Waals surface area contributed by atoms with Gasteiger partial charge >= 0.3 is 5.97 Å². The molecule has 2 aromatic rings. The number of aromatic carboxylic acids is 1. The topological polar surface area (TPSA) is 63.3 Å². The molecular formula is C11H6F3NO2S. The lowest BCUT2D eigenvalue weighted by Gasteiger charge is -2.02. The number of carboxylic acid groups (broad SMARTS) is 1. The first-order chi connectivity index (χ1) is 8.40. The van der Waals surface area contributed by atoms with Crippen LogP contribution in [-0.2, 0) is 0 Å². The number of hydrogen-bond donors (Lipinski definition) is 2. The Kier molecular flexibility index (Phi) is 3.00. The molecule has 0 aliphatic heterocycles. The number of halogens is 3. The smallest absolute Gasteiger partial charge is 0.348 e. The second kappa shape index (κ2) is 4.34. The second-order valence-electron chi connectivity index (χ2n) is 3.44. The SMILES string of the molecule is Nc1cc(-c2c(F)cc(F)cc2F)sc1C(=O)O. The molecule has 2 rings (SSSR count). The molecule has 94 valence electrons. The number of rotatable bonds is 2. The van der Waals surface area contributed by atoms with E-state index < -0.39 is 29.0 Å². The van der Waals surface area contributed by atoms with Crippen LogP contribution in [0.15, 0.2) is 18.2 Å². The van der Waals surface area contributed by atoms with Crippen molar-refractivity contribution in [3.63, 3.8) is 0 Å². The number of anilines is 1. The zero-order valence-corrected chi connectivity index (χ0v) is 9.52. The molecular weight excluding hydrogens is 267 g/mol. The Morgan fingerprint density at radius 1 is 1.17 bits per heavy atom. The van der Waals surface area contributed by atoms with Gasteiger partial charge in [-0.1, -0.05) is 0 Å². The Labute approximate surface area is 103 Å². The van der Waals surface area contributed by atoms with Crippen LogP contribution < -0.4 is 5.73 Å². The number of nitrogens with two attached hydrogens (primary N) is 1. The third-order valence-electron chi connectivity index (χ3n) is 2.21. The molecule has 3 N–H and O–H groups in total. The predicted octanol–water partition coefficient (Wildman–Crippen LogP) is 3.11. The minimum absolute atomic E-state index is 0.0000926. The highest BCUT2D eigenvalue weighted by molar-refractivity contribution is 7.17. The monoisotopic (exact) mass is 273 g/mol. The van der Waals surface area contributed by atoms with Gasteiger partial charge in [0, 0.05) is 17.0 Å². The van der Waals surface area contributed by atoms with Crippen LogP contribution in [0.2, 0.25) is 0 Å². The van der Waals surface area contributed by atoms with Gasteiger partial charge in [-0.2, -0.15) is 0 Å². The molecule has 0 radical (unpaired) electrons. The second-order valence-corrected chi connectivity index (χ2v) is 4.50. The van der Waals surface area contributed by atoms with Crippen LogP contribution >= 0.6 is 11.3 Å². The molecule has 0 bridgehead atoms. The molecule has 0 fully saturated rings. The molecule has 1 aromatic heterocycles. The van der Waals surface area contributed by atoms with Gasteiger partial charge in [-0.25, -0.2) is 18.0 Å². The summed E-state index contributed by atoms with van der Waals surface area (Å²) in [6, 6.07) is 2.19. The molecule has 0 aliphatic rings. The van der Waals surface area contributed by atoms with E-state index in [0.29, 0.717) is 23.5 Å². The molecule has 0 spiro atoms. The highest BCUT2D eigenvalue weighted by Gasteiger charge is 2.19. The van der Waals surface area contributed by atoms with E-state index >= 15 is 0 Å². The van der Waals surface area contributed by atoms with Crippen molar-refractivity contribution >= 4 is 23.0 Å². The Morgan fingerprint density at radius 2 is 1.72 bits per heavy atom. The molecule has 0 saturated carbocycles. The van der Waals surface area contributed by atoms with E-state index in [1.807, 2.05) is 0 Å². The Hall–Kier alpha value is -2.02. The molecule has 7 heteroatoms. The molecule has 0 aliphatic carbocycles. The summed E-state index contributed by atoms with van der Waals surface area (Å²) in [5, 5.41) is 8.79. The minimum atomic E-state index is -1.29. The summed E-state index contributed by atoms with van der Waals surface area (Å²) in [6.45, 7) is 0. The van der Waals surface area contributed by atoms with Crippen LogP contribution in [-0.4, -0.2) is 11.1 Å². The standard InChI is InChI=1S/C11H6F3NO2S/c12-4-1-5(13)9(6(14)2-4)8-3-7(15)10(18-8)11(16)17/h1-3H,15H2,(H,16,17). The molecule has 1 heterocycles. The summed E-state index contributed by atoms with van der Waals surface area (Å²) < 4.78 is 39.7. The van der Waals surface area contributed by atoms with Crippen LogP contribution in [0.25, 0.3) is 10.4 Å². The average molecular weight is 273 g/mol. The van der Waals surface area contributed by atoms with Gasteiger partial charge in [0.05, 0.1) is 11.3 Å². The largest absolute Gasteiger partial charge is 0.477 e. The zero-order valence-electron chi connectivity index (χ0n) is 8.71. The van der Waals surface area contributed by atoms with Gasteiger partial charge in [0.25, 0.3) is 0 Å². The van der Waals surface area contributed by atoms with Crippen molar-refractivity contribution in [1.29, 1.82) is 0 Å². The summed E-state index contributed by atoms with van der Waals surface area (Å²) in [4.78, 5) is 10.6. The molecule has 0 atom stereocenters. The summed E-state index contributed by atoms with van der Waals surface area (Å²) in [5.41, 5.74) is 4.84. The highest BCUT2D eigenvalue weighted by Crippen LogP contribution is 2.36. The zero-order chi connectivity index (χ0) is 13.4. The van der Waals surface area contributed by atoms with E-state index in [0.717, 1.165) is 6.07 Å². The number of thiophene rings is 1. The molecule has 3 nitrogen and oxygen atoms in total. The van der Waals surface area contributed by atoms with Crippen molar-refractivity contribution < 1.29 is 23.1 Å². The van der Waals surface area contributed by atoms with Crippen LogP contribution in [0, 0.1) is 17.5 Å². The first-order valence-electron chi connectivity index (χ1n) is 4.67. The maximum absolute atomic E-state index is 13.5. The van der Waals surface area contributed by atoms with Gasteiger partial charge in [0.2, 0.25) is 0 Å². The predicted molar refractivity (Wildman–Crippen MR) is 61.0 cm³/mol. The first-order valence-corrected chi connectivity index (χ1v) is 5.49. The Bertz CT molecular complexity index is 616. The van der Waals surface area contributed by atoms with Crippen molar-refractivity contribution in [1.82, 2.24) is 0 Å². The number of hydrogen-bond acceptors (Lipinski definition) is 3. The van der Waals surface area contributed by atoms with Gasteiger partial charge in [0.15, 0.2) is 0 Å². The van der Waals surface area contributed by atoms with Crippen LogP contribution in [0.3, 0.4) is 0 Å². The highest BCUT2D eigenvalue weighted by atomic mass is 32.1. The van der Waals surface area contributed by atoms with Crippen molar-refractivity contribution in [2.75, 3.05) is 5.73 Å². The van der Waals surface area contributed by atoms with Gasteiger partial charge < -0.3 is 10.8 Å². The quantitative estimate of drug-likeness (QED) is 0.883. The third kappa shape index (κ3) is 2.04. The summed E-state index contributed by atoms with van der Waals surface area (Å²) in [6.07, 6.45) is 0. The van der Waals surface area contributed by atoms with Crippen LogP contribution in [0.4, 0.5) is 18.9 Å². The van der Waals surface area contributed by atoms with E-state index in [1.165, 1.54) is 0 Å². The third-order valence-corrected chi connectivity index (χ3v) is 3.36. The maximum atomic E-state index is 13.5. The molecule has 18 heavy (non-hydrogen) atoms. The average Bonchev–Trinajstić information content (AvgIpc) is 2.58. The first kappa shape index (κ1) is 12.4. The van der Waals surface area contributed by atoms with Crippen molar-refractivity contribution in [2.45, 2.75) is 0 Å². The maximum Gasteiger partial charge on any atom is 0.348 e. The van der Waals surface area contributed by atoms with E-state index in [-0.39, 0.29) is 15.4 Å². The van der Waals surface area contributed by atoms with E-state index in [2.05, 4.69) is 0 Å². The summed E-state index contributed by atoms with van der Waals surface area (Å²) in [7, 11) is 0. The van der Waals surface area contributed by atoms with Crippen molar-refractivity contribution in [3.05, 3.63) is 40.5 Å². The molecule has 1 aromatic carbocycles. The fourth-order valence-corrected chi connectivity index (χ4v) is 2.44. The fraction of sp³-hybridized carbons (Fsp3) is 0. The van der Waals surface area contributed by atoms with Gasteiger partial charge in [-0.3, -0.25) is 0 Å². The summed E-state index contributed by atoms with van der Waals surface area (Å²) >= 11 is 0.628. The normalized spacial score (nSPS) is 10.6. The van der Waals surface area contributed by atoms with E-state index in [9.17, 15) is 18.0 Å². The number of carboxylic acids is 1.